The first kappa shape index (κ1) is 51.2. The first-order valence-electron chi connectivity index (χ1n) is 24.2. The number of thiophene rings is 1. The number of carbonyl (C=O) groups excluding carboxylic acids is 4. The van der Waals surface area contributed by atoms with Crippen molar-refractivity contribution in [1.82, 2.24) is 35.3 Å². The van der Waals surface area contributed by atoms with Gasteiger partial charge < -0.3 is 29.8 Å². The number of carbonyl (C=O) groups is 4. The molecule has 16 nitrogen and oxygen atoms in total. The molecule has 0 radical (unpaired) electrons. The minimum absolute atomic E-state index is 0.0133. The second-order valence-electron chi connectivity index (χ2n) is 19.9. The molecule has 6 atom stereocenters. The number of fused-ring (bicyclic) bond motifs is 4. The number of rotatable bonds is 15. The highest BCUT2D eigenvalue weighted by molar-refractivity contribution is 7.15. The number of hydrogen-bond donors (Lipinski definition) is 3. The van der Waals surface area contributed by atoms with E-state index in [1.54, 1.807) is 46.9 Å². The summed E-state index contributed by atoms with van der Waals surface area (Å²) in [7, 11) is 0. The maximum Gasteiger partial charge on any atom is 0.247 e. The van der Waals surface area contributed by atoms with Crippen molar-refractivity contribution in [2.24, 2.45) is 10.4 Å². The summed E-state index contributed by atoms with van der Waals surface area (Å²) in [6.45, 7) is 17.3. The monoisotopic (exact) mass is 1040 g/mol. The number of likely N-dealkylation sites (tertiary alicyclic amines) is 1. The van der Waals surface area contributed by atoms with E-state index in [1.807, 2.05) is 107 Å². The highest BCUT2D eigenvalue weighted by Gasteiger charge is 2.47. The van der Waals surface area contributed by atoms with Gasteiger partial charge in [0.15, 0.2) is 5.82 Å². The van der Waals surface area contributed by atoms with Crippen molar-refractivity contribution in [2.75, 3.05) is 18.0 Å². The third-order valence-corrected chi connectivity index (χ3v) is 15.9. The fourth-order valence-electron chi connectivity index (χ4n) is 9.62. The molecule has 2 aliphatic rings. The summed E-state index contributed by atoms with van der Waals surface area (Å²) >= 11 is 9.49. The molecule has 0 saturated carbocycles. The topological polar surface area (TPSA) is 197 Å². The fourth-order valence-corrected chi connectivity index (χ4v) is 11.8. The van der Waals surface area contributed by atoms with Crippen molar-refractivity contribution in [2.45, 2.75) is 112 Å². The summed E-state index contributed by atoms with van der Waals surface area (Å²) in [6.07, 6.45) is -0.791. The summed E-state index contributed by atoms with van der Waals surface area (Å²) < 4.78 is 14.5. The van der Waals surface area contributed by atoms with E-state index in [0.29, 0.717) is 39.8 Å². The Labute approximate surface area is 436 Å². The van der Waals surface area contributed by atoms with Gasteiger partial charge in [0, 0.05) is 45.4 Å². The van der Waals surface area contributed by atoms with Gasteiger partial charge in [0.05, 0.1) is 46.9 Å². The molecule has 3 aromatic carbocycles. The van der Waals surface area contributed by atoms with Gasteiger partial charge in [0.25, 0.3) is 0 Å². The van der Waals surface area contributed by atoms with Crippen LogP contribution in [0, 0.1) is 33.1 Å². The molecule has 3 N–H and O–H groups in total. The number of aryl methyl sites for hydroxylation is 3. The molecule has 7 aromatic rings. The summed E-state index contributed by atoms with van der Waals surface area (Å²) in [4.78, 5) is 69.9. The first-order chi connectivity index (χ1) is 34.8. The van der Waals surface area contributed by atoms with Gasteiger partial charge in [0.2, 0.25) is 30.0 Å². The van der Waals surface area contributed by atoms with E-state index in [-0.39, 0.29) is 37.7 Å². The molecule has 4 aromatic heterocycles. The smallest absolute Gasteiger partial charge is 0.247 e. The number of aliphatic hydroxyl groups excluding tert-OH is 1. The molecule has 0 spiro atoms. The fraction of sp³-hybridized carbons (Fsp3) is 0.370. The second-order valence-corrected chi connectivity index (χ2v) is 22.4. The van der Waals surface area contributed by atoms with Crippen molar-refractivity contribution in [3.63, 3.8) is 0 Å². The van der Waals surface area contributed by atoms with Crippen molar-refractivity contribution in [1.29, 1.82) is 0 Å². The van der Waals surface area contributed by atoms with Crippen LogP contribution in [-0.4, -0.2) is 97.0 Å². The highest BCUT2D eigenvalue weighted by Crippen LogP contribution is 2.41. The Hall–Kier alpha value is -6.73. The Morgan fingerprint density at radius 2 is 1.73 bits per heavy atom. The van der Waals surface area contributed by atoms with Gasteiger partial charge in [-0.25, -0.2) is 4.98 Å². The number of hydrogen-bond acceptors (Lipinski definition) is 13. The van der Waals surface area contributed by atoms with E-state index < -0.39 is 53.6 Å². The number of amides is 4. The van der Waals surface area contributed by atoms with E-state index in [4.69, 9.17) is 25.7 Å². The third-order valence-electron chi connectivity index (χ3n) is 13.5. The van der Waals surface area contributed by atoms with Gasteiger partial charge in [-0.3, -0.25) is 33.6 Å². The second kappa shape index (κ2) is 20.6. The minimum Gasteiger partial charge on any atom is -0.489 e. The van der Waals surface area contributed by atoms with Crippen LogP contribution in [0.2, 0.25) is 5.02 Å². The van der Waals surface area contributed by atoms with Gasteiger partial charge in [-0.1, -0.05) is 68.8 Å². The number of benzene rings is 3. The van der Waals surface area contributed by atoms with Gasteiger partial charge in [-0.05, 0) is 94.0 Å². The SMILES string of the molecule is Cc1ncsc1-c1ccc([C@H](C)NC(=O)[C@@H]2C[C@@H](O)CN2C(=O)[C@@H](N(C=O)c2cc3cc(O[C@H](C)CNC(=O)C[C@@H]4N=C(c5ccc(Cl)cc5)c5c(sc(C)c5C)-n5c(C)nnc54)ccc3o2)C(C)(C)C)cc1. The Kier molecular flexibility index (Phi) is 14.5. The molecule has 6 heterocycles. The van der Waals surface area contributed by atoms with Crippen LogP contribution in [-0.2, 0) is 19.2 Å². The van der Waals surface area contributed by atoms with E-state index in [1.165, 1.54) is 9.80 Å². The number of anilines is 1. The predicted molar refractivity (Wildman–Crippen MR) is 284 cm³/mol. The third kappa shape index (κ3) is 10.4. The molecule has 0 bridgehead atoms. The maximum absolute atomic E-state index is 14.7. The molecule has 19 heteroatoms. The molecule has 380 valence electrons. The summed E-state index contributed by atoms with van der Waals surface area (Å²) in [5, 5.41) is 28.0. The number of aromatic nitrogens is 4. The molecule has 2 aliphatic heterocycles. The number of nitrogens with one attached hydrogen (secondary N) is 2. The first-order valence-corrected chi connectivity index (χ1v) is 26.2. The van der Waals surface area contributed by atoms with Crippen LogP contribution >= 0.6 is 34.3 Å². The summed E-state index contributed by atoms with van der Waals surface area (Å²) in [5.41, 5.74) is 7.99. The molecule has 1 fully saturated rings. The van der Waals surface area contributed by atoms with E-state index in [2.05, 4.69) is 39.7 Å². The quantitative estimate of drug-likeness (QED) is 0.0833. The number of thiazole rings is 1. The lowest BCUT2D eigenvalue weighted by atomic mass is 9.84. The van der Waals surface area contributed by atoms with Crippen molar-refractivity contribution < 1.29 is 33.4 Å². The molecule has 1 saturated heterocycles. The molecule has 9 rings (SSSR count). The van der Waals surface area contributed by atoms with Crippen LogP contribution in [0.25, 0.3) is 26.4 Å². The van der Waals surface area contributed by atoms with Crippen LogP contribution < -0.4 is 20.3 Å². The Morgan fingerprint density at radius 1 is 1.00 bits per heavy atom. The summed E-state index contributed by atoms with van der Waals surface area (Å²) in [6, 6.07) is 19.2. The lowest BCUT2D eigenvalue weighted by Gasteiger charge is -2.39. The minimum atomic E-state index is -1.11. The molecule has 0 unspecified atom stereocenters. The van der Waals surface area contributed by atoms with Gasteiger partial charge in [-0.15, -0.1) is 32.9 Å². The highest BCUT2D eigenvalue weighted by atomic mass is 35.5. The average molecular weight is 1040 g/mol. The zero-order valence-corrected chi connectivity index (χ0v) is 44.5. The number of aliphatic imine (C=N–C) groups is 1. The molecule has 0 aliphatic carbocycles. The van der Waals surface area contributed by atoms with Crippen LogP contribution in [0.3, 0.4) is 0 Å². The van der Waals surface area contributed by atoms with Gasteiger partial charge in [-0.2, -0.15) is 0 Å². The van der Waals surface area contributed by atoms with E-state index >= 15 is 0 Å². The van der Waals surface area contributed by atoms with Crippen molar-refractivity contribution >= 4 is 81.0 Å². The van der Waals surface area contributed by atoms with Crippen molar-refractivity contribution in [3.05, 3.63) is 128 Å². The number of aliphatic hydroxyl groups is 1. The standard InChI is InChI=1S/C54H58ClN9O7S2/c1-28(24-56-44(67)23-41-50-61-60-33(6)64(50)53-46(29(2)32(5)73-53)47(59-41)35-14-16-38(55)17-15-35)70-40-18-19-43-37(20-40)21-45(71-43)63(27-65)49(54(7,8)9)52(69)62-25-39(66)22-42(62)51(68)58-30(3)34-10-12-36(13-11-34)48-31(4)57-26-72-48/h10-21,26-28,30,39,41-42,49,66H,22-25H2,1-9H3,(H,56,67)(H,58,68)/t28-,30+,39-,41+,42+,49-/m1/s1. The van der Waals surface area contributed by atoms with Crippen LogP contribution in [0.1, 0.15) is 104 Å². The van der Waals surface area contributed by atoms with E-state index in [0.717, 1.165) is 54.0 Å². The number of halogens is 1. The lowest BCUT2D eigenvalue weighted by molar-refractivity contribution is -0.142. The number of furan rings is 1. The largest absolute Gasteiger partial charge is 0.489 e. The lowest BCUT2D eigenvalue weighted by Crippen LogP contribution is -2.58. The summed E-state index contributed by atoms with van der Waals surface area (Å²) in [5.74, 6) is 0.737. The zero-order chi connectivity index (χ0) is 52.0. The average Bonchev–Trinajstić information content (AvgIpc) is 4.19. The Morgan fingerprint density at radius 3 is 2.41 bits per heavy atom. The van der Waals surface area contributed by atoms with Crippen LogP contribution in [0.5, 0.6) is 5.75 Å². The Balaban J connectivity index is 0.863. The Bertz CT molecular complexity index is 3240. The normalized spacial score (nSPS) is 17.8. The molecule has 73 heavy (non-hydrogen) atoms. The number of β-amino-alcohol motifs (C(OH)–C–C–N with tert-alkyl or cyclic N) is 1. The maximum atomic E-state index is 14.7. The number of nitrogens with zero attached hydrogens (tertiary/aromatic N) is 7. The molecule has 4 amide bonds. The predicted octanol–water partition coefficient (Wildman–Crippen LogP) is 9.17. The van der Waals surface area contributed by atoms with Gasteiger partial charge in [0.1, 0.15) is 46.4 Å². The number of ether oxygens (including phenoxy) is 1. The molecular weight excluding hydrogens is 986 g/mol. The van der Waals surface area contributed by atoms with Crippen LogP contribution in [0.15, 0.2) is 87.7 Å². The van der Waals surface area contributed by atoms with Crippen molar-refractivity contribution in [3.8, 4) is 21.2 Å². The van der Waals surface area contributed by atoms with Crippen LogP contribution in [0.4, 0.5) is 5.88 Å². The zero-order valence-electron chi connectivity index (χ0n) is 42.1. The van der Waals surface area contributed by atoms with E-state index in [9.17, 15) is 24.3 Å². The molecular formula is C54H58ClN9O7S2. The van der Waals surface area contributed by atoms with Gasteiger partial charge >= 0.3 is 0 Å².